The first-order valence-electron chi connectivity index (χ1n) is 6.25. The zero-order chi connectivity index (χ0) is 12.9. The van der Waals surface area contributed by atoms with Crippen LogP contribution < -0.4 is 10.6 Å². The van der Waals surface area contributed by atoms with Crippen LogP contribution in [0.15, 0.2) is 0 Å². The van der Waals surface area contributed by atoms with Gasteiger partial charge in [-0.3, -0.25) is 0 Å². The summed E-state index contributed by atoms with van der Waals surface area (Å²) in [4.78, 5) is 13.6. The fourth-order valence-corrected chi connectivity index (χ4v) is 1.73. The number of hydrogen-bond acceptors (Lipinski definition) is 4. The van der Waals surface area contributed by atoms with Gasteiger partial charge >= 0.3 is 6.09 Å². The molecule has 1 saturated heterocycles. The summed E-state index contributed by atoms with van der Waals surface area (Å²) in [6.45, 7) is 9.43. The average Bonchev–Trinajstić information content (AvgIpc) is 2.11. The molecule has 0 bridgehead atoms. The van der Waals surface area contributed by atoms with E-state index in [1.165, 1.54) is 0 Å². The Morgan fingerprint density at radius 2 is 2.00 bits per heavy atom. The van der Waals surface area contributed by atoms with E-state index in [0.29, 0.717) is 12.6 Å². The molecule has 0 radical (unpaired) electrons. The van der Waals surface area contributed by atoms with Crippen molar-refractivity contribution in [2.45, 2.75) is 38.8 Å². The molecule has 0 saturated carbocycles. The van der Waals surface area contributed by atoms with Crippen molar-refractivity contribution in [3.63, 3.8) is 0 Å². The average molecular weight is 243 g/mol. The molecule has 0 spiro atoms. The molecule has 1 rings (SSSR count). The van der Waals surface area contributed by atoms with Gasteiger partial charge in [-0.2, -0.15) is 0 Å². The molecule has 1 heterocycles. The summed E-state index contributed by atoms with van der Waals surface area (Å²) >= 11 is 0. The maximum absolute atomic E-state index is 11.3. The smallest absolute Gasteiger partial charge is 0.407 e. The number of rotatable bonds is 5. The summed E-state index contributed by atoms with van der Waals surface area (Å²) in [6.07, 6.45) is 0.597. The van der Waals surface area contributed by atoms with Crippen LogP contribution in [-0.2, 0) is 4.74 Å². The first-order chi connectivity index (χ1) is 7.87. The predicted molar refractivity (Wildman–Crippen MR) is 68.1 cm³/mol. The van der Waals surface area contributed by atoms with Crippen LogP contribution in [0, 0.1) is 0 Å². The van der Waals surface area contributed by atoms with Crippen molar-refractivity contribution in [3.05, 3.63) is 0 Å². The summed E-state index contributed by atoms with van der Waals surface area (Å²) in [7, 11) is 2.11. The Morgan fingerprint density at radius 1 is 1.35 bits per heavy atom. The van der Waals surface area contributed by atoms with E-state index in [-0.39, 0.29) is 6.09 Å². The lowest BCUT2D eigenvalue weighted by molar-refractivity contribution is 0.0527. The van der Waals surface area contributed by atoms with Gasteiger partial charge in [-0.05, 0) is 40.8 Å². The molecule has 0 aromatic heterocycles. The summed E-state index contributed by atoms with van der Waals surface area (Å²) in [6, 6.07) is 0.626. The number of carbonyl (C=O) groups is 1. The van der Waals surface area contributed by atoms with Gasteiger partial charge in [-0.1, -0.05) is 0 Å². The molecule has 0 aromatic rings. The lowest BCUT2D eigenvalue weighted by Crippen LogP contribution is -2.56. The van der Waals surface area contributed by atoms with Gasteiger partial charge in [-0.15, -0.1) is 0 Å². The quantitative estimate of drug-likeness (QED) is 0.702. The first kappa shape index (κ1) is 14.3. The van der Waals surface area contributed by atoms with Crippen LogP contribution in [0.5, 0.6) is 0 Å². The molecular formula is C12H25N3O2. The second kappa shape index (κ2) is 6.21. The van der Waals surface area contributed by atoms with Gasteiger partial charge in [0, 0.05) is 25.7 Å². The summed E-state index contributed by atoms with van der Waals surface area (Å²) in [5, 5.41) is 6.18. The Morgan fingerprint density at radius 3 is 2.53 bits per heavy atom. The van der Waals surface area contributed by atoms with E-state index in [0.717, 1.165) is 26.1 Å². The molecule has 5 nitrogen and oxygen atoms in total. The Balaban J connectivity index is 1.92. The van der Waals surface area contributed by atoms with E-state index < -0.39 is 5.60 Å². The number of alkyl carbamates (subject to hydrolysis) is 1. The SMILES string of the molecule is CN1CC(NCCCNC(=O)OC(C)(C)C)C1. The number of ether oxygens (including phenoxy) is 1. The lowest BCUT2D eigenvalue weighted by atomic mass is 10.1. The fraction of sp³-hybridized carbons (Fsp3) is 0.917. The largest absolute Gasteiger partial charge is 0.444 e. The minimum absolute atomic E-state index is 0.333. The molecule has 0 atom stereocenters. The Labute approximate surface area is 104 Å². The van der Waals surface area contributed by atoms with Crippen LogP contribution in [0.1, 0.15) is 27.2 Å². The number of likely N-dealkylation sites (N-methyl/N-ethyl adjacent to an activating group) is 1. The molecule has 5 heteroatoms. The molecule has 1 fully saturated rings. The van der Waals surface area contributed by atoms with Crippen molar-refractivity contribution in [2.75, 3.05) is 33.2 Å². The normalized spacial score (nSPS) is 17.6. The highest BCUT2D eigenvalue weighted by atomic mass is 16.6. The van der Waals surface area contributed by atoms with Crippen molar-refractivity contribution >= 4 is 6.09 Å². The minimum Gasteiger partial charge on any atom is -0.444 e. The van der Waals surface area contributed by atoms with Gasteiger partial charge in [0.2, 0.25) is 0 Å². The number of hydrogen-bond donors (Lipinski definition) is 2. The number of carbonyl (C=O) groups excluding carboxylic acids is 1. The molecular weight excluding hydrogens is 218 g/mol. The van der Waals surface area contributed by atoms with E-state index in [4.69, 9.17) is 4.74 Å². The molecule has 1 amide bonds. The van der Waals surface area contributed by atoms with Crippen molar-refractivity contribution in [1.82, 2.24) is 15.5 Å². The Bertz CT molecular complexity index is 245. The van der Waals surface area contributed by atoms with E-state index in [1.54, 1.807) is 0 Å². The van der Waals surface area contributed by atoms with E-state index in [1.807, 2.05) is 20.8 Å². The highest BCUT2D eigenvalue weighted by molar-refractivity contribution is 5.67. The molecule has 1 aliphatic heterocycles. The van der Waals surface area contributed by atoms with Crippen LogP contribution in [0.25, 0.3) is 0 Å². The fourth-order valence-electron chi connectivity index (χ4n) is 1.73. The van der Waals surface area contributed by atoms with Gasteiger partial charge in [0.25, 0.3) is 0 Å². The molecule has 1 aliphatic rings. The van der Waals surface area contributed by atoms with Crippen LogP contribution in [0.4, 0.5) is 4.79 Å². The summed E-state index contributed by atoms with van der Waals surface area (Å²) < 4.78 is 5.13. The molecule has 0 aromatic carbocycles. The lowest BCUT2D eigenvalue weighted by Gasteiger charge is -2.36. The van der Waals surface area contributed by atoms with Gasteiger partial charge in [0.05, 0.1) is 0 Å². The monoisotopic (exact) mass is 243 g/mol. The molecule has 2 N–H and O–H groups in total. The zero-order valence-corrected chi connectivity index (χ0v) is 11.4. The van der Waals surface area contributed by atoms with Gasteiger partial charge in [0.15, 0.2) is 0 Å². The standard InChI is InChI=1S/C12H25N3O2/c1-12(2,3)17-11(16)14-7-5-6-13-10-8-15(4)9-10/h10,13H,5-9H2,1-4H3,(H,14,16). The third-order valence-electron chi connectivity index (χ3n) is 2.52. The third kappa shape index (κ3) is 6.48. The van der Waals surface area contributed by atoms with Crippen molar-refractivity contribution in [2.24, 2.45) is 0 Å². The highest BCUT2D eigenvalue weighted by Gasteiger charge is 2.21. The summed E-state index contributed by atoms with van der Waals surface area (Å²) in [5.41, 5.74) is -0.418. The molecule has 100 valence electrons. The van der Waals surface area contributed by atoms with Crippen molar-refractivity contribution < 1.29 is 9.53 Å². The van der Waals surface area contributed by atoms with Crippen molar-refractivity contribution in [1.29, 1.82) is 0 Å². The Hall–Kier alpha value is -0.810. The highest BCUT2D eigenvalue weighted by Crippen LogP contribution is 2.06. The van der Waals surface area contributed by atoms with Crippen LogP contribution in [0.2, 0.25) is 0 Å². The van der Waals surface area contributed by atoms with Crippen LogP contribution in [-0.4, -0.2) is 55.9 Å². The van der Waals surface area contributed by atoms with Gasteiger partial charge in [0.1, 0.15) is 5.60 Å². The minimum atomic E-state index is -0.418. The maximum atomic E-state index is 11.3. The Kier molecular flexibility index (Phi) is 5.21. The predicted octanol–water partition coefficient (Wildman–Crippen LogP) is 0.805. The van der Waals surface area contributed by atoms with Gasteiger partial charge < -0.3 is 20.3 Å². The third-order valence-corrected chi connectivity index (χ3v) is 2.52. The first-order valence-corrected chi connectivity index (χ1v) is 6.25. The zero-order valence-electron chi connectivity index (χ0n) is 11.4. The molecule has 0 unspecified atom stereocenters. The number of nitrogens with one attached hydrogen (secondary N) is 2. The van der Waals surface area contributed by atoms with Gasteiger partial charge in [-0.25, -0.2) is 4.79 Å². The van der Waals surface area contributed by atoms with Crippen molar-refractivity contribution in [3.8, 4) is 0 Å². The molecule has 17 heavy (non-hydrogen) atoms. The number of nitrogens with zero attached hydrogens (tertiary/aromatic N) is 1. The second-order valence-corrected chi connectivity index (χ2v) is 5.65. The number of amides is 1. The van der Waals surface area contributed by atoms with Crippen LogP contribution >= 0.6 is 0 Å². The van der Waals surface area contributed by atoms with Crippen LogP contribution in [0.3, 0.4) is 0 Å². The maximum Gasteiger partial charge on any atom is 0.407 e. The molecule has 0 aliphatic carbocycles. The second-order valence-electron chi connectivity index (χ2n) is 5.65. The topological polar surface area (TPSA) is 53.6 Å². The van der Waals surface area contributed by atoms with E-state index in [2.05, 4.69) is 22.6 Å². The number of likely N-dealkylation sites (tertiary alicyclic amines) is 1. The van der Waals surface area contributed by atoms with E-state index in [9.17, 15) is 4.79 Å². The van der Waals surface area contributed by atoms with E-state index >= 15 is 0 Å². The summed E-state index contributed by atoms with van der Waals surface area (Å²) in [5.74, 6) is 0.